The Bertz CT molecular complexity index is 686. The molecule has 21 heavy (non-hydrogen) atoms. The number of hydrogen-bond donors (Lipinski definition) is 4. The Morgan fingerprint density at radius 3 is 2.38 bits per heavy atom. The van der Waals surface area contributed by atoms with Crippen molar-refractivity contribution in [3.8, 4) is 5.75 Å². The molecule has 1 aromatic carbocycles. The van der Waals surface area contributed by atoms with Gasteiger partial charge in [-0.3, -0.25) is 9.79 Å². The van der Waals surface area contributed by atoms with E-state index in [4.69, 9.17) is 14.3 Å². The molecule has 7 heteroatoms. The molecule has 1 aliphatic rings. The largest absolute Gasteiger partial charge is 0.524 e. The van der Waals surface area contributed by atoms with Crippen molar-refractivity contribution in [1.82, 2.24) is 0 Å². The van der Waals surface area contributed by atoms with Crippen molar-refractivity contribution in [2.24, 2.45) is 0 Å². The Morgan fingerprint density at radius 1 is 1.19 bits per heavy atom. The first kappa shape index (κ1) is 15.4. The molecule has 112 valence electrons. The molecule has 0 heterocycles. The standard InChI is InChI=1S/C14H16NO5P/c1-9-7-10(2)13(20-21(17,18)19)12(8-9)15-14(16)11-5-3-4-6-11/h3-8,15-16H,1-2H3,(H2,17,18,19). The summed E-state index contributed by atoms with van der Waals surface area (Å²) < 4.78 is 15.8. The van der Waals surface area contributed by atoms with E-state index >= 15 is 0 Å². The van der Waals surface area contributed by atoms with Crippen molar-refractivity contribution in [2.45, 2.75) is 13.8 Å². The van der Waals surface area contributed by atoms with Gasteiger partial charge in [0.05, 0.1) is 5.69 Å². The van der Waals surface area contributed by atoms with Crippen molar-refractivity contribution in [3.05, 3.63) is 59.0 Å². The molecule has 0 radical (unpaired) electrons. The lowest BCUT2D eigenvalue weighted by Crippen LogP contribution is -2.05. The molecular weight excluding hydrogens is 293 g/mol. The van der Waals surface area contributed by atoms with Gasteiger partial charge in [0, 0.05) is 5.57 Å². The second-order valence-corrected chi connectivity index (χ2v) is 5.85. The number of benzene rings is 1. The molecule has 1 aliphatic carbocycles. The maximum absolute atomic E-state index is 11.1. The van der Waals surface area contributed by atoms with E-state index in [0.717, 1.165) is 5.56 Å². The maximum Gasteiger partial charge on any atom is 0.524 e. The minimum Gasteiger partial charge on any atom is -0.494 e. The third-order valence-corrected chi connectivity index (χ3v) is 3.24. The number of anilines is 1. The number of aliphatic hydroxyl groups is 1. The summed E-state index contributed by atoms with van der Waals surface area (Å²) in [5, 5.41) is 12.7. The van der Waals surface area contributed by atoms with Gasteiger partial charge in [-0.1, -0.05) is 18.2 Å². The lowest BCUT2D eigenvalue weighted by molar-refractivity contribution is 0.283. The smallest absolute Gasteiger partial charge is 0.494 e. The van der Waals surface area contributed by atoms with Gasteiger partial charge in [-0.25, -0.2) is 4.57 Å². The number of aliphatic hydroxyl groups excluding tert-OH is 1. The molecule has 0 amide bonds. The number of phosphoric ester groups is 1. The Labute approximate surface area is 122 Å². The average Bonchev–Trinajstić information content (AvgIpc) is 2.86. The third kappa shape index (κ3) is 3.98. The monoisotopic (exact) mass is 309 g/mol. The summed E-state index contributed by atoms with van der Waals surface area (Å²) in [4.78, 5) is 18.0. The Hall–Kier alpha value is -2.01. The van der Waals surface area contributed by atoms with Crippen LogP contribution in [0.4, 0.5) is 5.69 Å². The first-order valence-corrected chi connectivity index (χ1v) is 7.71. The van der Waals surface area contributed by atoms with Crippen molar-refractivity contribution in [1.29, 1.82) is 0 Å². The number of phosphoric acid groups is 1. The highest BCUT2D eigenvalue weighted by Gasteiger charge is 2.21. The van der Waals surface area contributed by atoms with Crippen LogP contribution in [0.2, 0.25) is 0 Å². The van der Waals surface area contributed by atoms with Crippen LogP contribution in [0, 0.1) is 13.8 Å². The summed E-state index contributed by atoms with van der Waals surface area (Å²) in [6.07, 6.45) is 6.94. The quantitative estimate of drug-likeness (QED) is 0.504. The van der Waals surface area contributed by atoms with Crippen LogP contribution in [-0.2, 0) is 4.57 Å². The minimum absolute atomic E-state index is 0.00652. The van der Waals surface area contributed by atoms with Gasteiger partial charge in [0.15, 0.2) is 11.6 Å². The summed E-state index contributed by atoms with van der Waals surface area (Å²) in [7, 11) is -4.69. The van der Waals surface area contributed by atoms with Gasteiger partial charge < -0.3 is 14.9 Å². The van der Waals surface area contributed by atoms with Crippen LogP contribution in [0.25, 0.3) is 0 Å². The second-order valence-electron chi connectivity index (χ2n) is 4.69. The number of aryl methyl sites for hydroxylation is 2. The number of hydrogen-bond acceptors (Lipinski definition) is 4. The van der Waals surface area contributed by atoms with E-state index in [9.17, 15) is 9.67 Å². The molecule has 0 saturated carbocycles. The predicted molar refractivity (Wildman–Crippen MR) is 80.1 cm³/mol. The van der Waals surface area contributed by atoms with Gasteiger partial charge >= 0.3 is 7.82 Å². The zero-order valence-corrected chi connectivity index (χ0v) is 12.5. The molecule has 4 N–H and O–H groups in total. The van der Waals surface area contributed by atoms with Crippen molar-refractivity contribution in [3.63, 3.8) is 0 Å². The normalized spacial score (nSPS) is 13.6. The van der Waals surface area contributed by atoms with Crippen LogP contribution in [0.1, 0.15) is 11.1 Å². The van der Waals surface area contributed by atoms with Crippen LogP contribution in [0.15, 0.2) is 47.9 Å². The van der Waals surface area contributed by atoms with Crippen molar-refractivity contribution in [2.75, 3.05) is 5.32 Å². The van der Waals surface area contributed by atoms with E-state index in [0.29, 0.717) is 11.1 Å². The molecule has 0 atom stereocenters. The second kappa shape index (κ2) is 5.77. The van der Waals surface area contributed by atoms with Gasteiger partial charge in [0.1, 0.15) is 0 Å². The molecule has 0 saturated heterocycles. The van der Waals surface area contributed by atoms with Gasteiger partial charge in [0.25, 0.3) is 0 Å². The highest BCUT2D eigenvalue weighted by molar-refractivity contribution is 7.46. The number of nitrogens with one attached hydrogen (secondary N) is 1. The minimum atomic E-state index is -4.69. The van der Waals surface area contributed by atoms with Crippen LogP contribution < -0.4 is 9.84 Å². The molecule has 0 aliphatic heterocycles. The molecule has 6 nitrogen and oxygen atoms in total. The number of rotatable bonds is 4. The summed E-state index contributed by atoms with van der Waals surface area (Å²) in [5.41, 5.74) is 2.27. The van der Waals surface area contributed by atoms with Crippen molar-refractivity contribution >= 4 is 13.5 Å². The lowest BCUT2D eigenvalue weighted by atomic mass is 10.1. The highest BCUT2D eigenvalue weighted by atomic mass is 31.2. The molecule has 0 bridgehead atoms. The SMILES string of the molecule is Cc1cc(C)c(OP(=O)(O)O)c(NC(O)=C2C=CC=C2)c1. The topological polar surface area (TPSA) is 99.0 Å². The third-order valence-electron chi connectivity index (χ3n) is 2.82. The highest BCUT2D eigenvalue weighted by Crippen LogP contribution is 2.43. The first-order valence-electron chi connectivity index (χ1n) is 6.17. The van der Waals surface area contributed by atoms with E-state index < -0.39 is 7.82 Å². The van der Waals surface area contributed by atoms with Gasteiger partial charge in [-0.05, 0) is 43.2 Å². The number of allylic oxidation sites excluding steroid dienone is 5. The fourth-order valence-corrected chi connectivity index (χ4v) is 2.50. The Balaban J connectivity index is 2.42. The van der Waals surface area contributed by atoms with Gasteiger partial charge in [0.2, 0.25) is 0 Å². The van der Waals surface area contributed by atoms with Crippen LogP contribution in [-0.4, -0.2) is 14.9 Å². The van der Waals surface area contributed by atoms with E-state index in [1.165, 1.54) is 0 Å². The summed E-state index contributed by atoms with van der Waals surface area (Å²) in [6, 6.07) is 3.37. The Kier molecular flexibility index (Phi) is 4.23. The van der Waals surface area contributed by atoms with Gasteiger partial charge in [-0.2, -0.15) is 0 Å². The van der Waals surface area contributed by atoms with E-state index in [-0.39, 0.29) is 17.3 Å². The van der Waals surface area contributed by atoms with E-state index in [1.54, 1.807) is 43.4 Å². The van der Waals surface area contributed by atoms with E-state index in [1.807, 2.05) is 6.92 Å². The fourth-order valence-electron chi connectivity index (χ4n) is 2.02. The van der Waals surface area contributed by atoms with Gasteiger partial charge in [-0.15, -0.1) is 0 Å². The maximum atomic E-state index is 11.1. The van der Waals surface area contributed by atoms with Crippen LogP contribution in [0.3, 0.4) is 0 Å². The molecule has 1 aromatic rings. The van der Waals surface area contributed by atoms with Crippen molar-refractivity contribution < 1.29 is 24.0 Å². The van der Waals surface area contributed by atoms with Crippen LogP contribution in [0.5, 0.6) is 5.75 Å². The molecule has 0 unspecified atom stereocenters. The van der Waals surface area contributed by atoms with E-state index in [2.05, 4.69) is 5.32 Å². The molecule has 0 fully saturated rings. The predicted octanol–water partition coefficient (Wildman–Crippen LogP) is 3.08. The summed E-state index contributed by atoms with van der Waals surface area (Å²) in [6.45, 7) is 3.50. The molecule has 0 aromatic heterocycles. The Morgan fingerprint density at radius 2 is 1.81 bits per heavy atom. The average molecular weight is 309 g/mol. The summed E-state index contributed by atoms with van der Waals surface area (Å²) in [5.74, 6) is -0.118. The molecular formula is C14H16NO5P. The lowest BCUT2D eigenvalue weighted by Gasteiger charge is -2.17. The zero-order valence-electron chi connectivity index (χ0n) is 11.6. The molecule has 0 spiro atoms. The fraction of sp³-hybridized carbons (Fsp3) is 0.143. The first-order chi connectivity index (χ1) is 9.76. The summed E-state index contributed by atoms with van der Waals surface area (Å²) >= 11 is 0. The van der Waals surface area contributed by atoms with Crippen LogP contribution >= 0.6 is 7.82 Å². The zero-order chi connectivity index (χ0) is 15.6. The molecule has 2 rings (SSSR count).